The lowest BCUT2D eigenvalue weighted by molar-refractivity contribution is 0.0931. The predicted octanol–water partition coefficient (Wildman–Crippen LogP) is 4.06. The fourth-order valence-corrected chi connectivity index (χ4v) is 5.97. The molecule has 1 saturated heterocycles. The van der Waals surface area contributed by atoms with E-state index in [1.54, 1.807) is 30.5 Å². The smallest absolute Gasteiger partial charge is 0.251 e. The van der Waals surface area contributed by atoms with E-state index in [2.05, 4.69) is 5.32 Å². The Balaban J connectivity index is 1.57. The molecular formula is C24H30N2O4S. The Morgan fingerprint density at radius 1 is 1.06 bits per heavy atom. The molecule has 166 valence electrons. The summed E-state index contributed by atoms with van der Waals surface area (Å²) in [5.41, 5.74) is 2.07. The minimum atomic E-state index is -3.60. The van der Waals surface area contributed by atoms with Crippen LogP contribution in [0.5, 0.6) is 5.75 Å². The van der Waals surface area contributed by atoms with Crippen LogP contribution >= 0.6 is 0 Å². The number of benzene rings is 2. The molecule has 7 heteroatoms. The van der Waals surface area contributed by atoms with Gasteiger partial charge in [0.2, 0.25) is 10.0 Å². The third kappa shape index (κ3) is 4.77. The molecule has 0 bridgehead atoms. The fourth-order valence-electron chi connectivity index (χ4n) is 4.20. The molecule has 6 nitrogen and oxygen atoms in total. The molecule has 1 heterocycles. The maximum atomic E-state index is 13.2. The van der Waals surface area contributed by atoms with E-state index >= 15 is 0 Å². The number of ether oxygens (including phenoxy) is 1. The molecule has 1 N–H and O–H groups in total. The summed E-state index contributed by atoms with van der Waals surface area (Å²) in [7, 11) is -1.97. The number of nitrogens with one attached hydrogen (secondary N) is 1. The molecule has 1 amide bonds. The molecule has 4 rings (SSSR count). The zero-order valence-corrected chi connectivity index (χ0v) is 19.0. The normalized spacial score (nSPS) is 18.4. The van der Waals surface area contributed by atoms with Crippen molar-refractivity contribution < 1.29 is 17.9 Å². The highest BCUT2D eigenvalue weighted by Gasteiger charge is 2.34. The second-order valence-electron chi connectivity index (χ2n) is 8.51. The Hall–Kier alpha value is -2.38. The summed E-state index contributed by atoms with van der Waals surface area (Å²) < 4.78 is 33.2. The van der Waals surface area contributed by atoms with Crippen LogP contribution < -0.4 is 10.1 Å². The van der Waals surface area contributed by atoms with Crippen molar-refractivity contribution in [2.24, 2.45) is 5.92 Å². The zero-order valence-electron chi connectivity index (χ0n) is 18.1. The minimum Gasteiger partial charge on any atom is -0.497 e. The lowest BCUT2D eigenvalue weighted by Gasteiger charge is -2.26. The quantitative estimate of drug-likeness (QED) is 0.702. The minimum absolute atomic E-state index is 0.0955. The average molecular weight is 443 g/mol. The van der Waals surface area contributed by atoms with E-state index in [1.165, 1.54) is 6.07 Å². The van der Waals surface area contributed by atoms with Crippen molar-refractivity contribution in [2.75, 3.05) is 20.2 Å². The van der Waals surface area contributed by atoms with Gasteiger partial charge in [-0.2, -0.15) is 4.31 Å². The number of aryl methyl sites for hydroxylation is 1. The van der Waals surface area contributed by atoms with Crippen LogP contribution in [-0.4, -0.2) is 38.8 Å². The fraction of sp³-hybridized carbons (Fsp3) is 0.458. The van der Waals surface area contributed by atoms with Crippen molar-refractivity contribution in [1.29, 1.82) is 0 Å². The largest absolute Gasteiger partial charge is 0.497 e. The molecule has 2 aromatic rings. The van der Waals surface area contributed by atoms with E-state index in [-0.39, 0.29) is 16.8 Å². The van der Waals surface area contributed by atoms with E-state index in [4.69, 9.17) is 4.74 Å². The second-order valence-corrected chi connectivity index (χ2v) is 10.4. The molecule has 1 aliphatic heterocycles. The molecule has 1 aliphatic carbocycles. The van der Waals surface area contributed by atoms with Gasteiger partial charge in [0.1, 0.15) is 5.75 Å². The van der Waals surface area contributed by atoms with Gasteiger partial charge >= 0.3 is 0 Å². The number of nitrogens with zero attached hydrogens (tertiary/aromatic N) is 1. The summed E-state index contributed by atoms with van der Waals surface area (Å²) in [6.45, 7) is 2.86. The number of rotatable bonds is 7. The monoisotopic (exact) mass is 442 g/mol. The zero-order chi connectivity index (χ0) is 22.0. The number of carbonyl (C=O) groups is 1. The summed E-state index contributed by atoms with van der Waals surface area (Å²) in [4.78, 5) is 13.3. The molecule has 1 atom stereocenters. The Bertz CT molecular complexity index is 1040. The van der Waals surface area contributed by atoms with Gasteiger partial charge in [-0.05, 0) is 73.9 Å². The Morgan fingerprint density at radius 3 is 2.35 bits per heavy atom. The maximum absolute atomic E-state index is 13.2. The van der Waals surface area contributed by atoms with E-state index in [0.29, 0.717) is 30.1 Å². The number of methoxy groups -OCH3 is 1. The van der Waals surface area contributed by atoms with E-state index in [0.717, 1.165) is 43.4 Å². The summed E-state index contributed by atoms with van der Waals surface area (Å²) in [5.74, 6) is 0.929. The highest BCUT2D eigenvalue weighted by molar-refractivity contribution is 7.89. The van der Waals surface area contributed by atoms with Gasteiger partial charge in [-0.25, -0.2) is 8.42 Å². The van der Waals surface area contributed by atoms with Crippen molar-refractivity contribution in [3.63, 3.8) is 0 Å². The van der Waals surface area contributed by atoms with Crippen molar-refractivity contribution in [1.82, 2.24) is 9.62 Å². The lowest BCUT2D eigenvalue weighted by Crippen LogP contribution is -2.36. The number of carbonyl (C=O) groups excluding carboxylic acids is 1. The van der Waals surface area contributed by atoms with Gasteiger partial charge in [-0.1, -0.05) is 24.6 Å². The summed E-state index contributed by atoms with van der Waals surface area (Å²) in [6, 6.07) is 12.6. The molecule has 0 aromatic heterocycles. The highest BCUT2D eigenvalue weighted by Crippen LogP contribution is 2.41. The molecule has 1 saturated carbocycles. The Labute approximate surface area is 184 Å². The van der Waals surface area contributed by atoms with Crippen LogP contribution in [0.4, 0.5) is 0 Å². The average Bonchev–Trinajstić information content (AvgIpc) is 3.63. The third-order valence-corrected chi connectivity index (χ3v) is 8.28. The molecule has 31 heavy (non-hydrogen) atoms. The van der Waals surface area contributed by atoms with Crippen LogP contribution in [-0.2, 0) is 10.0 Å². The predicted molar refractivity (Wildman–Crippen MR) is 120 cm³/mol. The van der Waals surface area contributed by atoms with Gasteiger partial charge in [-0.15, -0.1) is 0 Å². The van der Waals surface area contributed by atoms with Gasteiger partial charge in [0, 0.05) is 18.7 Å². The van der Waals surface area contributed by atoms with Crippen LogP contribution in [0.25, 0.3) is 0 Å². The Morgan fingerprint density at radius 2 is 1.74 bits per heavy atom. The van der Waals surface area contributed by atoms with Gasteiger partial charge < -0.3 is 10.1 Å². The number of piperidine rings is 1. The summed E-state index contributed by atoms with van der Waals surface area (Å²) >= 11 is 0. The summed E-state index contributed by atoms with van der Waals surface area (Å²) in [5, 5.41) is 3.14. The molecular weight excluding hydrogens is 412 g/mol. The molecule has 2 aromatic carbocycles. The molecule has 2 fully saturated rings. The first-order valence-electron chi connectivity index (χ1n) is 11.0. The first-order valence-corrected chi connectivity index (χ1v) is 12.4. The van der Waals surface area contributed by atoms with Crippen molar-refractivity contribution in [2.45, 2.75) is 50.0 Å². The van der Waals surface area contributed by atoms with Crippen LogP contribution in [0.2, 0.25) is 0 Å². The number of hydrogen-bond donors (Lipinski definition) is 1. The van der Waals surface area contributed by atoms with E-state index in [1.807, 2.05) is 24.3 Å². The summed E-state index contributed by atoms with van der Waals surface area (Å²) in [6.07, 6.45) is 4.95. The van der Waals surface area contributed by atoms with Crippen LogP contribution in [0.3, 0.4) is 0 Å². The van der Waals surface area contributed by atoms with Gasteiger partial charge in [0.05, 0.1) is 18.0 Å². The van der Waals surface area contributed by atoms with Gasteiger partial charge in [-0.3, -0.25) is 4.79 Å². The van der Waals surface area contributed by atoms with Crippen molar-refractivity contribution in [3.05, 3.63) is 59.2 Å². The second kappa shape index (κ2) is 9.01. The molecule has 0 spiro atoms. The van der Waals surface area contributed by atoms with Crippen molar-refractivity contribution >= 4 is 15.9 Å². The molecule has 2 aliphatic rings. The topological polar surface area (TPSA) is 75.7 Å². The number of amides is 1. The van der Waals surface area contributed by atoms with Crippen molar-refractivity contribution in [3.8, 4) is 5.75 Å². The first-order chi connectivity index (χ1) is 14.9. The SMILES string of the molecule is COc1ccc(C(NC(=O)c2ccc(C)c(S(=O)(=O)N3CCCCC3)c2)C2CC2)cc1. The number of sulfonamides is 1. The highest BCUT2D eigenvalue weighted by atomic mass is 32.2. The lowest BCUT2D eigenvalue weighted by atomic mass is 10.0. The van der Waals surface area contributed by atoms with E-state index < -0.39 is 10.0 Å². The van der Waals surface area contributed by atoms with Crippen LogP contribution in [0.15, 0.2) is 47.4 Å². The third-order valence-electron chi connectivity index (χ3n) is 6.24. The van der Waals surface area contributed by atoms with Gasteiger partial charge in [0.15, 0.2) is 0 Å². The number of hydrogen-bond acceptors (Lipinski definition) is 4. The standard InChI is InChI=1S/C24H30N2O4S/c1-17-6-7-20(16-22(17)31(28,29)26-14-4-3-5-15-26)24(27)25-23(18-8-9-18)19-10-12-21(30-2)13-11-19/h6-7,10-13,16,18,23H,3-5,8-9,14-15H2,1-2H3,(H,25,27). The van der Waals surface area contributed by atoms with Crippen LogP contribution in [0.1, 0.15) is 59.6 Å². The maximum Gasteiger partial charge on any atom is 0.251 e. The molecule has 0 radical (unpaired) electrons. The first kappa shape index (κ1) is 21.8. The Kier molecular flexibility index (Phi) is 6.34. The van der Waals surface area contributed by atoms with Gasteiger partial charge in [0.25, 0.3) is 5.91 Å². The van der Waals surface area contributed by atoms with Crippen LogP contribution in [0, 0.1) is 12.8 Å². The van der Waals surface area contributed by atoms with E-state index in [9.17, 15) is 13.2 Å². The molecule has 1 unspecified atom stereocenters.